The number of hydrogen-bond acceptors (Lipinski definition) is 3. The molecule has 0 fully saturated rings. The predicted molar refractivity (Wildman–Crippen MR) is 68.2 cm³/mol. The third kappa shape index (κ3) is 2.35. The Labute approximate surface area is 104 Å². The van der Waals surface area contributed by atoms with Crippen molar-refractivity contribution in [1.29, 1.82) is 5.26 Å². The minimum Gasteiger partial charge on any atom is -0.311 e. The zero-order chi connectivity index (χ0) is 12.3. The van der Waals surface area contributed by atoms with Gasteiger partial charge in [0, 0.05) is 12.7 Å². The predicted octanol–water partition coefficient (Wildman–Crippen LogP) is 2.90. The smallest absolute Gasteiger partial charge is 0.268 e. The molecule has 1 aromatic carbocycles. The van der Waals surface area contributed by atoms with Crippen LogP contribution in [-0.4, -0.2) is 13.0 Å². The van der Waals surface area contributed by atoms with E-state index in [0.717, 1.165) is 5.69 Å². The zero-order valence-electron chi connectivity index (χ0n) is 9.25. The molecule has 0 unspecified atom stereocenters. The van der Waals surface area contributed by atoms with Crippen LogP contribution in [0.3, 0.4) is 0 Å². The van der Waals surface area contributed by atoms with E-state index in [9.17, 15) is 4.79 Å². The van der Waals surface area contributed by atoms with Crippen molar-refractivity contribution in [3.8, 4) is 6.07 Å². The van der Waals surface area contributed by atoms with E-state index in [-0.39, 0.29) is 5.91 Å². The minimum absolute atomic E-state index is 0.0373. The highest BCUT2D eigenvalue weighted by atomic mass is 32.1. The number of nitriles is 1. The third-order valence-electron chi connectivity index (χ3n) is 2.42. The summed E-state index contributed by atoms with van der Waals surface area (Å²) in [4.78, 5) is 14.3. The largest absolute Gasteiger partial charge is 0.311 e. The van der Waals surface area contributed by atoms with Crippen molar-refractivity contribution in [3.05, 3.63) is 52.2 Å². The normalized spacial score (nSPS) is 9.65. The summed E-state index contributed by atoms with van der Waals surface area (Å²) in [5, 5.41) is 10.6. The fraction of sp³-hybridized carbons (Fsp3) is 0.0769. The Kier molecular flexibility index (Phi) is 3.22. The second-order valence-electron chi connectivity index (χ2n) is 3.50. The monoisotopic (exact) mass is 242 g/mol. The van der Waals surface area contributed by atoms with Gasteiger partial charge in [0.25, 0.3) is 5.91 Å². The first-order chi connectivity index (χ1) is 8.22. The number of thiophene rings is 1. The van der Waals surface area contributed by atoms with Crippen molar-refractivity contribution in [2.45, 2.75) is 0 Å². The number of amides is 1. The molecule has 0 radical (unpaired) electrons. The van der Waals surface area contributed by atoms with E-state index in [1.165, 1.54) is 11.3 Å². The van der Waals surface area contributed by atoms with E-state index >= 15 is 0 Å². The van der Waals surface area contributed by atoms with Crippen LogP contribution in [0.25, 0.3) is 0 Å². The molecular weight excluding hydrogens is 232 g/mol. The molecule has 0 atom stereocenters. The molecule has 1 heterocycles. The van der Waals surface area contributed by atoms with Crippen molar-refractivity contribution in [1.82, 2.24) is 0 Å². The van der Waals surface area contributed by atoms with Gasteiger partial charge >= 0.3 is 0 Å². The van der Waals surface area contributed by atoms with Crippen LogP contribution in [0.4, 0.5) is 5.69 Å². The molecule has 0 saturated heterocycles. The molecule has 17 heavy (non-hydrogen) atoms. The van der Waals surface area contributed by atoms with Crippen LogP contribution in [0.1, 0.15) is 15.2 Å². The fourth-order valence-corrected chi connectivity index (χ4v) is 2.14. The van der Waals surface area contributed by atoms with Crippen molar-refractivity contribution >= 4 is 22.9 Å². The lowest BCUT2D eigenvalue weighted by Crippen LogP contribution is -2.25. The summed E-state index contributed by atoms with van der Waals surface area (Å²) in [5.74, 6) is -0.0373. The van der Waals surface area contributed by atoms with Gasteiger partial charge in [-0.1, -0.05) is 6.07 Å². The van der Waals surface area contributed by atoms with Gasteiger partial charge < -0.3 is 4.90 Å². The van der Waals surface area contributed by atoms with Crippen LogP contribution in [0.15, 0.2) is 41.8 Å². The highest BCUT2D eigenvalue weighted by Crippen LogP contribution is 2.18. The van der Waals surface area contributed by atoms with Gasteiger partial charge in [0.05, 0.1) is 16.5 Å². The quantitative estimate of drug-likeness (QED) is 0.812. The molecule has 0 N–H and O–H groups in total. The summed E-state index contributed by atoms with van der Waals surface area (Å²) in [6.45, 7) is 0. The van der Waals surface area contributed by atoms with Crippen LogP contribution >= 0.6 is 11.3 Å². The van der Waals surface area contributed by atoms with Gasteiger partial charge in [0.15, 0.2) is 0 Å². The highest BCUT2D eigenvalue weighted by molar-refractivity contribution is 7.12. The number of rotatable bonds is 2. The Morgan fingerprint density at radius 1 is 1.29 bits per heavy atom. The van der Waals surface area contributed by atoms with Crippen molar-refractivity contribution in [3.63, 3.8) is 0 Å². The van der Waals surface area contributed by atoms with Crippen LogP contribution in [0, 0.1) is 11.3 Å². The lowest BCUT2D eigenvalue weighted by Gasteiger charge is -2.16. The summed E-state index contributed by atoms with van der Waals surface area (Å²) in [7, 11) is 1.73. The van der Waals surface area contributed by atoms with Crippen LogP contribution in [-0.2, 0) is 0 Å². The molecule has 84 valence electrons. The van der Waals surface area contributed by atoms with E-state index < -0.39 is 0 Å². The van der Waals surface area contributed by atoms with Crippen molar-refractivity contribution < 1.29 is 4.79 Å². The molecule has 2 aromatic rings. The van der Waals surface area contributed by atoms with Gasteiger partial charge in [-0.25, -0.2) is 0 Å². The maximum Gasteiger partial charge on any atom is 0.268 e. The molecule has 0 aliphatic carbocycles. The van der Waals surface area contributed by atoms with Crippen LogP contribution < -0.4 is 4.90 Å². The van der Waals surface area contributed by atoms with Gasteiger partial charge in [-0.3, -0.25) is 4.79 Å². The lowest BCUT2D eigenvalue weighted by atomic mass is 10.2. The number of benzene rings is 1. The summed E-state index contributed by atoms with van der Waals surface area (Å²) in [6, 6.07) is 12.6. The molecular formula is C13H10N2OS. The van der Waals surface area contributed by atoms with E-state index in [1.54, 1.807) is 42.3 Å². The molecule has 2 rings (SSSR count). The van der Waals surface area contributed by atoms with E-state index in [4.69, 9.17) is 5.26 Å². The van der Waals surface area contributed by atoms with Gasteiger partial charge in [-0.05, 0) is 35.7 Å². The first-order valence-corrected chi connectivity index (χ1v) is 5.92. The Morgan fingerprint density at radius 2 is 2.00 bits per heavy atom. The van der Waals surface area contributed by atoms with Crippen LogP contribution in [0.5, 0.6) is 0 Å². The van der Waals surface area contributed by atoms with Crippen LogP contribution in [0.2, 0.25) is 0 Å². The number of hydrogen-bond donors (Lipinski definition) is 0. The van der Waals surface area contributed by atoms with E-state index in [1.807, 2.05) is 17.5 Å². The summed E-state index contributed by atoms with van der Waals surface area (Å²) in [6.07, 6.45) is 0. The van der Waals surface area contributed by atoms with Gasteiger partial charge in [-0.2, -0.15) is 5.26 Å². The maximum absolute atomic E-state index is 12.0. The molecule has 4 heteroatoms. The van der Waals surface area contributed by atoms with Gasteiger partial charge in [0.1, 0.15) is 0 Å². The Hall–Kier alpha value is -2.12. The van der Waals surface area contributed by atoms with E-state index in [2.05, 4.69) is 0 Å². The van der Waals surface area contributed by atoms with Crippen molar-refractivity contribution in [2.75, 3.05) is 11.9 Å². The average Bonchev–Trinajstić information content (AvgIpc) is 2.91. The highest BCUT2D eigenvalue weighted by Gasteiger charge is 2.13. The Balaban J connectivity index is 2.22. The van der Waals surface area contributed by atoms with Gasteiger partial charge in [-0.15, -0.1) is 11.3 Å². The molecule has 0 aliphatic rings. The first kappa shape index (κ1) is 11.4. The molecule has 0 aliphatic heterocycles. The third-order valence-corrected chi connectivity index (χ3v) is 3.28. The number of anilines is 1. The van der Waals surface area contributed by atoms with Crippen molar-refractivity contribution in [2.24, 2.45) is 0 Å². The summed E-state index contributed by atoms with van der Waals surface area (Å²) in [5.41, 5.74) is 1.37. The van der Waals surface area contributed by atoms with Gasteiger partial charge in [0.2, 0.25) is 0 Å². The standard InChI is InChI=1S/C13H10N2OS/c1-15(13(16)12-3-2-8-17-12)11-6-4-10(9-14)5-7-11/h2-8H,1H3. The Morgan fingerprint density at radius 3 is 2.53 bits per heavy atom. The molecule has 0 spiro atoms. The number of carbonyl (C=O) groups is 1. The second kappa shape index (κ2) is 4.81. The number of nitrogens with zero attached hydrogens (tertiary/aromatic N) is 2. The fourth-order valence-electron chi connectivity index (χ4n) is 1.44. The molecule has 1 amide bonds. The Bertz CT molecular complexity index is 552. The molecule has 0 bridgehead atoms. The minimum atomic E-state index is -0.0373. The second-order valence-corrected chi connectivity index (χ2v) is 4.45. The topological polar surface area (TPSA) is 44.1 Å². The molecule has 3 nitrogen and oxygen atoms in total. The molecule has 1 aromatic heterocycles. The lowest BCUT2D eigenvalue weighted by molar-refractivity contribution is 0.0997. The zero-order valence-corrected chi connectivity index (χ0v) is 10.1. The maximum atomic E-state index is 12.0. The summed E-state index contributed by atoms with van der Waals surface area (Å²) >= 11 is 1.42. The van der Waals surface area contributed by atoms with E-state index in [0.29, 0.717) is 10.4 Å². The average molecular weight is 242 g/mol. The number of carbonyl (C=O) groups excluding carboxylic acids is 1. The SMILES string of the molecule is CN(C(=O)c1cccs1)c1ccc(C#N)cc1. The summed E-state index contributed by atoms with van der Waals surface area (Å²) < 4.78 is 0. The first-order valence-electron chi connectivity index (χ1n) is 5.04. The molecule has 0 saturated carbocycles.